The van der Waals surface area contributed by atoms with Gasteiger partial charge in [0.05, 0.1) is 17.7 Å². The van der Waals surface area contributed by atoms with Gasteiger partial charge in [-0.2, -0.15) is 0 Å². The van der Waals surface area contributed by atoms with Gasteiger partial charge in [-0.05, 0) is 50.3 Å². The van der Waals surface area contributed by atoms with Crippen LogP contribution in [0.4, 0.5) is 0 Å². The molecule has 1 saturated carbocycles. The van der Waals surface area contributed by atoms with Crippen molar-refractivity contribution in [3.8, 4) is 0 Å². The van der Waals surface area contributed by atoms with Crippen molar-refractivity contribution in [2.75, 3.05) is 12.4 Å². The molecule has 38 heavy (non-hydrogen) atoms. The number of thioether (sulfide) groups is 1. The maximum Gasteiger partial charge on any atom is 0.338 e. The number of benzene rings is 1. The molecule has 3 rings (SSSR count). The smallest absolute Gasteiger partial charge is 0.338 e. The van der Waals surface area contributed by atoms with Gasteiger partial charge in [0.1, 0.15) is 36.5 Å². The van der Waals surface area contributed by atoms with Crippen molar-refractivity contribution in [2.24, 2.45) is 11.8 Å². The van der Waals surface area contributed by atoms with Crippen molar-refractivity contribution in [3.63, 3.8) is 0 Å². The Morgan fingerprint density at radius 2 is 1.82 bits per heavy atom. The van der Waals surface area contributed by atoms with Crippen LogP contribution in [0.15, 0.2) is 18.2 Å². The molecule has 2 fully saturated rings. The normalized spacial score (nSPS) is 31.0. The van der Waals surface area contributed by atoms with Gasteiger partial charge in [0.25, 0.3) is 0 Å². The number of aliphatic hydroxyl groups is 4. The summed E-state index contributed by atoms with van der Waals surface area (Å²) in [5, 5.41) is 45.5. The van der Waals surface area contributed by atoms with Crippen LogP contribution in [0.2, 0.25) is 10.0 Å². The Kier molecular flexibility index (Phi) is 12.0. The number of carbonyl (C=O) groups excluding carboxylic acids is 2. The van der Waals surface area contributed by atoms with Crippen LogP contribution < -0.4 is 5.32 Å². The number of nitrogens with one attached hydrogen (secondary N) is 1. The summed E-state index contributed by atoms with van der Waals surface area (Å²) in [5.74, 6) is -0.330. The lowest BCUT2D eigenvalue weighted by molar-refractivity contribution is -0.211. The third-order valence-corrected chi connectivity index (χ3v) is 8.65. The van der Waals surface area contributed by atoms with Gasteiger partial charge < -0.3 is 35.2 Å². The Bertz CT molecular complexity index is 934. The van der Waals surface area contributed by atoms with Gasteiger partial charge in [0.2, 0.25) is 5.91 Å². The zero-order valence-corrected chi connectivity index (χ0v) is 23.8. The average Bonchev–Trinajstić information content (AvgIpc) is 3.33. The second-order valence-corrected chi connectivity index (χ2v) is 12.1. The fraction of sp³-hybridized carbons (Fsp3) is 0.692. The summed E-state index contributed by atoms with van der Waals surface area (Å²) in [5.41, 5.74) is -0.810. The SMILES string of the molecule is CCC[C@H]1CC[C@H](C(=O)N[C@@H]([C@H]2O[C@H](SCCOC(=O)c3cc(Cl)cc(Cl)c3)[C@H](O)[C@@H](O)[C@H]2O)[C@@H](C)O)C1. The molecule has 0 spiro atoms. The molecule has 1 aliphatic heterocycles. The van der Waals surface area contributed by atoms with Crippen LogP contribution in [0.3, 0.4) is 0 Å². The van der Waals surface area contributed by atoms with E-state index in [-0.39, 0.29) is 29.7 Å². The maximum absolute atomic E-state index is 13.0. The van der Waals surface area contributed by atoms with Gasteiger partial charge >= 0.3 is 5.97 Å². The zero-order valence-electron chi connectivity index (χ0n) is 21.5. The van der Waals surface area contributed by atoms with Crippen molar-refractivity contribution in [2.45, 2.75) is 87.9 Å². The van der Waals surface area contributed by atoms with E-state index in [4.69, 9.17) is 32.7 Å². The van der Waals surface area contributed by atoms with E-state index < -0.39 is 48.0 Å². The number of aliphatic hydroxyl groups excluding tert-OH is 4. The minimum atomic E-state index is -1.57. The number of ether oxygens (including phenoxy) is 2. The molecular formula is C26H37Cl2NO8S. The second kappa shape index (κ2) is 14.5. The summed E-state index contributed by atoms with van der Waals surface area (Å²) in [6.45, 7) is 3.55. The summed E-state index contributed by atoms with van der Waals surface area (Å²) >= 11 is 12.9. The summed E-state index contributed by atoms with van der Waals surface area (Å²) in [6, 6.07) is 3.35. The number of hydrogen-bond donors (Lipinski definition) is 5. The number of carbonyl (C=O) groups is 2. The van der Waals surface area contributed by atoms with Crippen LogP contribution in [0, 0.1) is 11.8 Å². The number of halogens is 2. The Morgan fingerprint density at radius 3 is 2.45 bits per heavy atom. The van der Waals surface area contributed by atoms with Gasteiger partial charge in [-0.25, -0.2) is 4.79 Å². The van der Waals surface area contributed by atoms with Crippen molar-refractivity contribution in [3.05, 3.63) is 33.8 Å². The molecule has 1 aliphatic carbocycles. The summed E-state index contributed by atoms with van der Waals surface area (Å²) in [4.78, 5) is 25.3. The topological polar surface area (TPSA) is 146 Å². The van der Waals surface area contributed by atoms with E-state index in [1.165, 1.54) is 25.1 Å². The maximum atomic E-state index is 13.0. The number of rotatable bonds is 11. The molecule has 5 N–H and O–H groups in total. The van der Waals surface area contributed by atoms with E-state index in [9.17, 15) is 30.0 Å². The van der Waals surface area contributed by atoms with Crippen molar-refractivity contribution in [1.29, 1.82) is 0 Å². The average molecular weight is 595 g/mol. The standard InChI is InChI=1S/C26H37Cl2NO8S/c1-3-4-14-5-6-15(9-14)24(34)29-19(13(2)30)23-21(32)20(31)22(33)26(37-23)38-8-7-36-25(35)16-10-17(27)12-18(28)11-16/h10-15,19-23,26,30-33H,3-9H2,1-2H3,(H,29,34)/t13-,14+,15+,19-,20+,21-,22-,23-,26-/m1/s1. The molecule has 0 aromatic heterocycles. The van der Waals surface area contributed by atoms with E-state index in [2.05, 4.69) is 12.2 Å². The molecule has 0 radical (unpaired) electrons. The molecule has 1 saturated heterocycles. The molecule has 1 amide bonds. The van der Waals surface area contributed by atoms with Gasteiger partial charge in [-0.3, -0.25) is 4.79 Å². The predicted molar refractivity (Wildman–Crippen MR) is 145 cm³/mol. The highest BCUT2D eigenvalue weighted by molar-refractivity contribution is 7.99. The molecule has 1 aromatic rings. The van der Waals surface area contributed by atoms with Crippen LogP contribution in [0.1, 0.15) is 56.3 Å². The third kappa shape index (κ3) is 8.20. The molecule has 12 heteroatoms. The van der Waals surface area contributed by atoms with Gasteiger partial charge in [0.15, 0.2) is 0 Å². The number of amides is 1. The largest absolute Gasteiger partial charge is 0.461 e. The zero-order chi connectivity index (χ0) is 28.0. The highest BCUT2D eigenvalue weighted by Gasteiger charge is 2.48. The monoisotopic (exact) mass is 593 g/mol. The van der Waals surface area contributed by atoms with E-state index >= 15 is 0 Å². The molecular weight excluding hydrogens is 557 g/mol. The first kappa shape index (κ1) is 31.4. The Morgan fingerprint density at radius 1 is 1.13 bits per heavy atom. The van der Waals surface area contributed by atoms with E-state index in [1.54, 1.807) is 0 Å². The van der Waals surface area contributed by atoms with E-state index in [0.717, 1.165) is 43.9 Å². The summed E-state index contributed by atoms with van der Waals surface area (Å²) in [7, 11) is 0. The Hall–Kier alpha value is -1.11. The first-order valence-electron chi connectivity index (χ1n) is 12.9. The van der Waals surface area contributed by atoms with Crippen LogP contribution in [-0.4, -0.2) is 86.7 Å². The molecule has 1 aromatic carbocycles. The third-order valence-electron chi connectivity index (χ3n) is 7.09. The van der Waals surface area contributed by atoms with E-state index in [0.29, 0.717) is 16.0 Å². The lowest BCUT2D eigenvalue weighted by atomic mass is 9.91. The second-order valence-electron chi connectivity index (χ2n) is 10.0. The van der Waals surface area contributed by atoms with Crippen LogP contribution in [0.5, 0.6) is 0 Å². The summed E-state index contributed by atoms with van der Waals surface area (Å²) < 4.78 is 11.1. The fourth-order valence-corrected chi connectivity index (χ4v) is 6.61. The molecule has 1 heterocycles. The highest BCUT2D eigenvalue weighted by atomic mass is 35.5. The quantitative estimate of drug-likeness (QED) is 0.193. The molecule has 214 valence electrons. The summed E-state index contributed by atoms with van der Waals surface area (Å²) in [6.07, 6.45) is -2.16. The molecule has 9 nitrogen and oxygen atoms in total. The molecule has 2 aliphatic rings. The first-order chi connectivity index (χ1) is 18.0. The van der Waals surface area contributed by atoms with Crippen LogP contribution in [0.25, 0.3) is 0 Å². The van der Waals surface area contributed by atoms with Crippen molar-refractivity contribution in [1.82, 2.24) is 5.32 Å². The van der Waals surface area contributed by atoms with E-state index in [1.807, 2.05) is 0 Å². The van der Waals surface area contributed by atoms with Crippen molar-refractivity contribution < 1.29 is 39.5 Å². The van der Waals surface area contributed by atoms with Gasteiger partial charge in [-0.1, -0.05) is 43.0 Å². The van der Waals surface area contributed by atoms with Gasteiger partial charge in [-0.15, -0.1) is 11.8 Å². The minimum Gasteiger partial charge on any atom is -0.461 e. The predicted octanol–water partition coefficient (Wildman–Crippen LogP) is 2.77. The molecule has 9 atom stereocenters. The molecule has 0 unspecified atom stereocenters. The lowest BCUT2D eigenvalue weighted by Gasteiger charge is -2.44. The van der Waals surface area contributed by atoms with Gasteiger partial charge in [0, 0.05) is 21.7 Å². The fourth-order valence-electron chi connectivity index (χ4n) is 5.10. The Balaban J connectivity index is 1.57. The molecule has 0 bridgehead atoms. The lowest BCUT2D eigenvalue weighted by Crippen LogP contribution is -2.65. The first-order valence-corrected chi connectivity index (χ1v) is 14.7. The van der Waals surface area contributed by atoms with Crippen molar-refractivity contribution >= 4 is 46.8 Å². The van der Waals surface area contributed by atoms with Crippen LogP contribution >= 0.6 is 35.0 Å². The Labute approximate surface area is 237 Å². The van der Waals surface area contributed by atoms with Crippen LogP contribution in [-0.2, 0) is 14.3 Å². The minimum absolute atomic E-state index is 0.0410. The number of esters is 1. The number of hydrogen-bond acceptors (Lipinski definition) is 9. The highest BCUT2D eigenvalue weighted by Crippen LogP contribution is 2.35.